The largest absolute Gasteiger partial charge is 0.490 e. The first-order valence-corrected chi connectivity index (χ1v) is 10.1. The molecule has 4 heterocycles. The Bertz CT molecular complexity index is 1040. The Morgan fingerprint density at radius 3 is 2.48 bits per heavy atom. The predicted octanol–water partition coefficient (Wildman–Crippen LogP) is 2.72. The molecule has 0 saturated carbocycles. The SMILES string of the molecule is CNc1ccnc(N2CCC(Cn3cc(-c4ccccn4)nn3)CC2)n1.O=C(O)C(F)(F)F. The molecule has 1 saturated heterocycles. The molecule has 10 nitrogen and oxygen atoms in total. The zero-order valence-corrected chi connectivity index (χ0v) is 17.8. The lowest BCUT2D eigenvalue weighted by Gasteiger charge is -2.31. The van der Waals surface area contributed by atoms with Crippen LogP contribution in [0.1, 0.15) is 12.8 Å². The molecule has 0 spiro atoms. The number of rotatable bonds is 5. The molecular formula is C20H23F3N8O2. The number of aliphatic carboxylic acids is 1. The van der Waals surface area contributed by atoms with Gasteiger partial charge in [-0.2, -0.15) is 18.2 Å². The van der Waals surface area contributed by atoms with Crippen LogP contribution < -0.4 is 10.2 Å². The highest BCUT2D eigenvalue weighted by atomic mass is 19.4. The van der Waals surface area contributed by atoms with Crippen molar-refractivity contribution in [2.75, 3.05) is 30.4 Å². The smallest absolute Gasteiger partial charge is 0.475 e. The van der Waals surface area contributed by atoms with Gasteiger partial charge in [0.1, 0.15) is 11.5 Å². The summed E-state index contributed by atoms with van der Waals surface area (Å²) in [5.74, 6) is -0.528. The van der Waals surface area contributed by atoms with Crippen LogP contribution in [0.25, 0.3) is 11.4 Å². The highest BCUT2D eigenvalue weighted by molar-refractivity contribution is 5.73. The Kier molecular flexibility index (Phi) is 7.74. The monoisotopic (exact) mass is 464 g/mol. The molecular weight excluding hydrogens is 441 g/mol. The third-order valence-electron chi connectivity index (χ3n) is 4.95. The Balaban J connectivity index is 0.000000383. The van der Waals surface area contributed by atoms with E-state index in [9.17, 15) is 13.2 Å². The van der Waals surface area contributed by atoms with E-state index in [-0.39, 0.29) is 0 Å². The van der Waals surface area contributed by atoms with Gasteiger partial charge in [0.15, 0.2) is 0 Å². The molecule has 0 atom stereocenters. The maximum atomic E-state index is 10.6. The van der Waals surface area contributed by atoms with E-state index in [1.54, 1.807) is 12.4 Å². The van der Waals surface area contributed by atoms with E-state index in [0.717, 1.165) is 55.6 Å². The van der Waals surface area contributed by atoms with Crippen molar-refractivity contribution in [2.45, 2.75) is 25.6 Å². The average Bonchev–Trinajstić information content (AvgIpc) is 3.28. The molecule has 13 heteroatoms. The molecule has 176 valence electrons. The van der Waals surface area contributed by atoms with Crippen molar-refractivity contribution in [3.8, 4) is 11.4 Å². The summed E-state index contributed by atoms with van der Waals surface area (Å²) in [6.07, 6.45) is 2.65. The first-order chi connectivity index (χ1) is 15.8. The van der Waals surface area contributed by atoms with Gasteiger partial charge in [-0.15, -0.1) is 5.10 Å². The maximum absolute atomic E-state index is 10.6. The van der Waals surface area contributed by atoms with Crippen LogP contribution in [0.2, 0.25) is 0 Å². The fourth-order valence-electron chi connectivity index (χ4n) is 3.24. The molecule has 0 radical (unpaired) electrons. The summed E-state index contributed by atoms with van der Waals surface area (Å²) in [6, 6.07) is 7.69. The van der Waals surface area contributed by atoms with E-state index in [1.807, 2.05) is 42.2 Å². The summed E-state index contributed by atoms with van der Waals surface area (Å²) in [4.78, 5) is 24.4. The normalized spacial score (nSPS) is 14.4. The minimum atomic E-state index is -5.08. The van der Waals surface area contributed by atoms with Crippen LogP contribution in [0.4, 0.5) is 24.9 Å². The van der Waals surface area contributed by atoms with Gasteiger partial charge < -0.3 is 15.3 Å². The van der Waals surface area contributed by atoms with Crippen LogP contribution in [0.15, 0.2) is 42.9 Å². The number of nitrogens with one attached hydrogen (secondary N) is 1. The van der Waals surface area contributed by atoms with Gasteiger partial charge in [-0.3, -0.25) is 9.67 Å². The van der Waals surface area contributed by atoms with E-state index in [4.69, 9.17) is 9.90 Å². The first kappa shape index (κ1) is 23.9. The average molecular weight is 464 g/mol. The highest BCUT2D eigenvalue weighted by Crippen LogP contribution is 2.23. The standard InChI is InChI=1S/C18H22N8.C2HF3O2/c1-19-17-5-9-21-18(22-17)25-10-6-14(7-11-25)12-26-13-16(23-24-26)15-4-2-3-8-20-15;3-2(4,5)1(6)7/h2-5,8-9,13-14H,6-7,10-12H2,1H3,(H,19,21,22);(H,6,7). The number of hydrogen-bond donors (Lipinski definition) is 2. The number of pyridine rings is 1. The minimum absolute atomic E-state index is 0.581. The quantitative estimate of drug-likeness (QED) is 0.587. The van der Waals surface area contributed by atoms with E-state index in [1.165, 1.54) is 0 Å². The van der Waals surface area contributed by atoms with Crippen molar-refractivity contribution in [1.82, 2.24) is 29.9 Å². The molecule has 1 aliphatic heterocycles. The van der Waals surface area contributed by atoms with Gasteiger partial charge in [-0.1, -0.05) is 11.3 Å². The van der Waals surface area contributed by atoms with Gasteiger partial charge in [0.05, 0.1) is 11.9 Å². The molecule has 1 fully saturated rings. The molecule has 3 aromatic rings. The molecule has 2 N–H and O–H groups in total. The number of halogens is 3. The van der Waals surface area contributed by atoms with E-state index in [0.29, 0.717) is 5.92 Å². The van der Waals surface area contributed by atoms with Crippen molar-refractivity contribution in [2.24, 2.45) is 5.92 Å². The van der Waals surface area contributed by atoms with Crippen LogP contribution in [0, 0.1) is 5.92 Å². The number of carbonyl (C=O) groups is 1. The molecule has 33 heavy (non-hydrogen) atoms. The fraction of sp³-hybridized carbons (Fsp3) is 0.400. The third kappa shape index (κ3) is 6.85. The second-order valence-corrected chi connectivity index (χ2v) is 7.27. The van der Waals surface area contributed by atoms with E-state index >= 15 is 0 Å². The van der Waals surface area contributed by atoms with Crippen LogP contribution in [0.5, 0.6) is 0 Å². The molecule has 0 bridgehead atoms. The van der Waals surface area contributed by atoms with Crippen molar-refractivity contribution < 1.29 is 23.1 Å². The van der Waals surface area contributed by atoms with Crippen molar-refractivity contribution in [3.05, 3.63) is 42.9 Å². The highest BCUT2D eigenvalue weighted by Gasteiger charge is 2.38. The summed E-state index contributed by atoms with van der Waals surface area (Å²) in [5, 5.41) is 18.7. The minimum Gasteiger partial charge on any atom is -0.475 e. The summed E-state index contributed by atoms with van der Waals surface area (Å²) in [5.41, 5.74) is 1.68. The fourth-order valence-corrected chi connectivity index (χ4v) is 3.24. The summed E-state index contributed by atoms with van der Waals surface area (Å²) < 4.78 is 33.7. The number of carboxylic acids is 1. The van der Waals surface area contributed by atoms with Crippen LogP contribution in [-0.2, 0) is 11.3 Å². The van der Waals surface area contributed by atoms with Gasteiger partial charge in [0.2, 0.25) is 5.95 Å². The van der Waals surface area contributed by atoms with Crippen molar-refractivity contribution in [3.63, 3.8) is 0 Å². The molecule has 0 aliphatic carbocycles. The number of hydrogen-bond acceptors (Lipinski definition) is 8. The van der Waals surface area contributed by atoms with Crippen molar-refractivity contribution >= 4 is 17.7 Å². The van der Waals surface area contributed by atoms with Gasteiger partial charge in [0.25, 0.3) is 0 Å². The van der Waals surface area contributed by atoms with Gasteiger partial charge >= 0.3 is 12.1 Å². The summed E-state index contributed by atoms with van der Waals surface area (Å²) in [6.45, 7) is 2.80. The molecule has 0 unspecified atom stereocenters. The number of carboxylic acid groups (broad SMARTS) is 1. The maximum Gasteiger partial charge on any atom is 0.490 e. The topological polar surface area (TPSA) is 122 Å². The zero-order valence-electron chi connectivity index (χ0n) is 17.8. The first-order valence-electron chi connectivity index (χ1n) is 10.1. The van der Waals surface area contributed by atoms with Crippen LogP contribution in [0.3, 0.4) is 0 Å². The molecule has 1 aliphatic rings. The van der Waals surface area contributed by atoms with Gasteiger partial charge in [-0.25, -0.2) is 9.78 Å². The Morgan fingerprint density at radius 1 is 1.15 bits per heavy atom. The lowest BCUT2D eigenvalue weighted by Crippen LogP contribution is -2.36. The molecule has 3 aromatic heterocycles. The second kappa shape index (κ2) is 10.7. The lowest BCUT2D eigenvalue weighted by atomic mass is 9.97. The van der Waals surface area contributed by atoms with Crippen LogP contribution in [-0.4, -0.2) is 67.3 Å². The second-order valence-electron chi connectivity index (χ2n) is 7.27. The molecule has 0 amide bonds. The molecule has 0 aromatic carbocycles. The third-order valence-corrected chi connectivity index (χ3v) is 4.95. The summed E-state index contributed by atoms with van der Waals surface area (Å²) in [7, 11) is 1.87. The Morgan fingerprint density at radius 2 is 1.88 bits per heavy atom. The number of nitrogens with zero attached hydrogens (tertiary/aromatic N) is 7. The van der Waals surface area contributed by atoms with E-state index < -0.39 is 12.1 Å². The van der Waals surface area contributed by atoms with Gasteiger partial charge in [-0.05, 0) is 37.0 Å². The Hall–Kier alpha value is -3.77. The number of alkyl halides is 3. The number of piperidine rings is 1. The van der Waals surface area contributed by atoms with Crippen LogP contribution >= 0.6 is 0 Å². The Labute approximate surface area is 187 Å². The van der Waals surface area contributed by atoms with Gasteiger partial charge in [0, 0.05) is 39.1 Å². The predicted molar refractivity (Wildman–Crippen MR) is 113 cm³/mol. The van der Waals surface area contributed by atoms with E-state index in [2.05, 4.69) is 35.5 Å². The molecule has 4 rings (SSSR count). The summed E-state index contributed by atoms with van der Waals surface area (Å²) >= 11 is 0. The number of anilines is 2. The van der Waals surface area contributed by atoms with Crippen molar-refractivity contribution in [1.29, 1.82) is 0 Å². The number of aromatic nitrogens is 6. The zero-order chi connectivity index (χ0) is 23.8. The lowest BCUT2D eigenvalue weighted by molar-refractivity contribution is -0.192.